The molecule has 1 unspecified atom stereocenters. The van der Waals surface area contributed by atoms with Gasteiger partial charge in [-0.25, -0.2) is 4.39 Å². The van der Waals surface area contributed by atoms with Gasteiger partial charge in [0, 0.05) is 6.20 Å². The Morgan fingerprint density at radius 3 is 2.81 bits per heavy atom. The van der Waals surface area contributed by atoms with Gasteiger partial charge in [0.2, 0.25) is 0 Å². The number of rotatable bonds is 5. The predicted octanol–water partition coefficient (Wildman–Crippen LogP) is 5.18. The molecule has 0 radical (unpaired) electrons. The first-order valence-electron chi connectivity index (χ1n) is 6.50. The Labute approximate surface area is 141 Å². The number of nitrogens with one attached hydrogen (secondary N) is 1. The van der Waals surface area contributed by atoms with Crippen LogP contribution in [0.4, 0.5) is 4.39 Å². The zero-order chi connectivity index (χ0) is 15.4. The van der Waals surface area contributed by atoms with E-state index in [1.165, 1.54) is 6.07 Å². The molecule has 1 N–H and O–H groups in total. The van der Waals surface area contributed by atoms with Crippen LogP contribution in [0.25, 0.3) is 0 Å². The van der Waals surface area contributed by atoms with E-state index in [-0.39, 0.29) is 11.9 Å². The lowest BCUT2D eigenvalue weighted by Gasteiger charge is -2.19. The minimum atomic E-state index is -0.280. The summed E-state index contributed by atoms with van der Waals surface area (Å²) in [6, 6.07) is 6.54. The molecule has 2 aromatic rings. The van der Waals surface area contributed by atoms with Gasteiger partial charge in [-0.3, -0.25) is 4.98 Å². The van der Waals surface area contributed by atoms with Gasteiger partial charge in [-0.2, -0.15) is 0 Å². The molecule has 1 aromatic heterocycles. The van der Waals surface area contributed by atoms with Gasteiger partial charge in [-0.1, -0.05) is 42.3 Å². The van der Waals surface area contributed by atoms with E-state index in [1.807, 2.05) is 13.0 Å². The lowest BCUT2D eigenvalue weighted by Crippen LogP contribution is -2.24. The summed E-state index contributed by atoms with van der Waals surface area (Å²) in [6.07, 6.45) is 2.13. The quantitative estimate of drug-likeness (QED) is 0.759. The monoisotopic (exact) mass is 390 g/mol. The molecule has 21 heavy (non-hydrogen) atoms. The highest BCUT2D eigenvalue weighted by Gasteiger charge is 2.18. The second-order valence-corrected chi connectivity index (χ2v) is 6.18. The fraction of sp³-hybridized carbons (Fsp3) is 0.267. The average Bonchev–Trinajstić information content (AvgIpc) is 2.43. The van der Waals surface area contributed by atoms with Crippen LogP contribution in [0.2, 0.25) is 10.0 Å². The Morgan fingerprint density at radius 1 is 1.38 bits per heavy atom. The van der Waals surface area contributed by atoms with Gasteiger partial charge in [0.1, 0.15) is 5.82 Å². The summed E-state index contributed by atoms with van der Waals surface area (Å²) >= 11 is 15.4. The van der Waals surface area contributed by atoms with Crippen molar-refractivity contribution in [2.75, 3.05) is 6.54 Å². The third-order valence-corrected chi connectivity index (χ3v) is 4.47. The number of benzene rings is 1. The summed E-state index contributed by atoms with van der Waals surface area (Å²) in [6.45, 7) is 2.75. The van der Waals surface area contributed by atoms with Crippen LogP contribution in [0.1, 0.15) is 24.2 Å². The van der Waals surface area contributed by atoms with Gasteiger partial charge in [-0.15, -0.1) is 0 Å². The summed E-state index contributed by atoms with van der Waals surface area (Å²) in [5, 5.41) is 4.31. The Morgan fingerprint density at radius 2 is 2.14 bits per heavy atom. The fourth-order valence-corrected chi connectivity index (χ4v) is 3.06. The second kappa shape index (κ2) is 7.54. The Bertz CT molecular complexity index is 637. The maximum Gasteiger partial charge on any atom is 0.137 e. The largest absolute Gasteiger partial charge is 0.309 e. The number of nitrogens with zero attached hydrogens (tertiary/aromatic N) is 1. The molecular weight excluding hydrogens is 378 g/mol. The zero-order valence-electron chi connectivity index (χ0n) is 11.3. The number of hydrogen-bond donors (Lipinski definition) is 1. The summed E-state index contributed by atoms with van der Waals surface area (Å²) in [7, 11) is 0. The smallest absolute Gasteiger partial charge is 0.137 e. The van der Waals surface area contributed by atoms with Gasteiger partial charge in [0.05, 0.1) is 26.3 Å². The third-order valence-electron chi connectivity index (χ3n) is 3.07. The van der Waals surface area contributed by atoms with Crippen molar-refractivity contribution < 1.29 is 4.39 Å². The molecule has 112 valence electrons. The minimum Gasteiger partial charge on any atom is -0.309 e. The van der Waals surface area contributed by atoms with E-state index in [0.29, 0.717) is 26.6 Å². The Kier molecular flexibility index (Phi) is 5.99. The molecular formula is C15H14BrCl2FN2. The molecule has 0 spiro atoms. The van der Waals surface area contributed by atoms with E-state index in [4.69, 9.17) is 23.2 Å². The van der Waals surface area contributed by atoms with Crippen molar-refractivity contribution in [2.45, 2.75) is 19.4 Å². The normalized spacial score (nSPS) is 12.4. The van der Waals surface area contributed by atoms with E-state index >= 15 is 0 Å². The van der Waals surface area contributed by atoms with Crippen LogP contribution < -0.4 is 5.32 Å². The molecule has 0 saturated heterocycles. The van der Waals surface area contributed by atoms with Gasteiger partial charge < -0.3 is 5.32 Å². The molecule has 2 rings (SSSR count). The molecule has 1 atom stereocenters. The molecule has 0 aliphatic carbocycles. The van der Waals surface area contributed by atoms with Gasteiger partial charge in [0.15, 0.2) is 0 Å². The molecule has 2 nitrogen and oxygen atoms in total. The standard InChI is InChI=1S/C15H14BrCl2FN2/c1-2-20-13(15-11(18)7-10(17)8-21-15)6-9-4-3-5-12(19)14(9)16/h3-5,7-8,13,20H,2,6H2,1H3. The van der Waals surface area contributed by atoms with Crippen LogP contribution in [-0.2, 0) is 6.42 Å². The molecule has 6 heteroatoms. The van der Waals surface area contributed by atoms with Crippen LogP contribution in [0.15, 0.2) is 34.9 Å². The highest BCUT2D eigenvalue weighted by Crippen LogP contribution is 2.29. The molecule has 0 aliphatic rings. The predicted molar refractivity (Wildman–Crippen MR) is 88.5 cm³/mol. The fourth-order valence-electron chi connectivity index (χ4n) is 2.12. The first kappa shape index (κ1) is 16.7. The molecule has 0 bridgehead atoms. The van der Waals surface area contributed by atoms with Crippen molar-refractivity contribution in [3.63, 3.8) is 0 Å². The van der Waals surface area contributed by atoms with E-state index in [2.05, 4.69) is 26.2 Å². The number of hydrogen-bond acceptors (Lipinski definition) is 2. The minimum absolute atomic E-state index is 0.113. The molecule has 0 amide bonds. The highest BCUT2D eigenvalue weighted by molar-refractivity contribution is 9.10. The Balaban J connectivity index is 2.33. The van der Waals surface area contributed by atoms with Crippen molar-refractivity contribution in [3.8, 4) is 0 Å². The van der Waals surface area contributed by atoms with E-state index in [0.717, 1.165) is 12.1 Å². The van der Waals surface area contributed by atoms with Crippen LogP contribution in [0.5, 0.6) is 0 Å². The highest BCUT2D eigenvalue weighted by atomic mass is 79.9. The lowest BCUT2D eigenvalue weighted by atomic mass is 10.0. The molecule has 1 aromatic carbocycles. The third kappa shape index (κ3) is 4.16. The van der Waals surface area contributed by atoms with Crippen molar-refractivity contribution in [2.24, 2.45) is 0 Å². The van der Waals surface area contributed by atoms with Gasteiger partial charge in [-0.05, 0) is 46.6 Å². The average molecular weight is 392 g/mol. The van der Waals surface area contributed by atoms with Crippen molar-refractivity contribution in [1.29, 1.82) is 0 Å². The SMILES string of the molecule is CCNC(Cc1cccc(F)c1Br)c1ncc(Cl)cc1Cl. The molecule has 0 saturated carbocycles. The van der Waals surface area contributed by atoms with E-state index in [1.54, 1.807) is 18.3 Å². The van der Waals surface area contributed by atoms with Crippen LogP contribution >= 0.6 is 39.1 Å². The number of likely N-dealkylation sites (N-methyl/N-ethyl adjacent to an activating group) is 1. The number of pyridine rings is 1. The summed E-state index contributed by atoms with van der Waals surface area (Å²) in [4.78, 5) is 4.31. The van der Waals surface area contributed by atoms with Crippen LogP contribution in [-0.4, -0.2) is 11.5 Å². The maximum absolute atomic E-state index is 13.6. The van der Waals surface area contributed by atoms with Crippen molar-refractivity contribution in [3.05, 3.63) is 62.1 Å². The van der Waals surface area contributed by atoms with Gasteiger partial charge >= 0.3 is 0 Å². The van der Waals surface area contributed by atoms with Crippen molar-refractivity contribution >= 4 is 39.1 Å². The first-order valence-corrected chi connectivity index (χ1v) is 8.05. The molecule has 0 aliphatic heterocycles. The molecule has 1 heterocycles. The maximum atomic E-state index is 13.6. The summed E-state index contributed by atoms with van der Waals surface area (Å²) in [5.74, 6) is -0.280. The number of aromatic nitrogens is 1. The van der Waals surface area contributed by atoms with E-state index < -0.39 is 0 Å². The summed E-state index contributed by atoms with van der Waals surface area (Å²) in [5.41, 5.74) is 1.56. The first-order chi connectivity index (χ1) is 10.0. The topological polar surface area (TPSA) is 24.9 Å². The lowest BCUT2D eigenvalue weighted by molar-refractivity contribution is 0.533. The molecule has 0 fully saturated rings. The number of halogens is 4. The van der Waals surface area contributed by atoms with Crippen LogP contribution in [0, 0.1) is 5.82 Å². The summed E-state index contributed by atoms with van der Waals surface area (Å²) < 4.78 is 14.1. The van der Waals surface area contributed by atoms with Crippen LogP contribution in [0.3, 0.4) is 0 Å². The zero-order valence-corrected chi connectivity index (χ0v) is 14.4. The second-order valence-electron chi connectivity index (χ2n) is 4.55. The van der Waals surface area contributed by atoms with E-state index in [9.17, 15) is 4.39 Å². The van der Waals surface area contributed by atoms with Crippen molar-refractivity contribution in [1.82, 2.24) is 10.3 Å². The van der Waals surface area contributed by atoms with Gasteiger partial charge in [0.25, 0.3) is 0 Å². The Hall–Kier alpha value is -0.680.